The van der Waals surface area contributed by atoms with Crippen molar-refractivity contribution in [2.45, 2.75) is 46.5 Å². The Balaban J connectivity index is 2.71. The topological polar surface area (TPSA) is 66.4 Å². The average molecular weight is 291 g/mol. The van der Waals surface area contributed by atoms with Crippen molar-refractivity contribution in [2.75, 3.05) is 6.54 Å². The lowest BCUT2D eigenvalue weighted by molar-refractivity contribution is -0.147. The van der Waals surface area contributed by atoms with E-state index in [1.165, 1.54) is 0 Å². The molecule has 0 aromatic heterocycles. The van der Waals surface area contributed by atoms with E-state index >= 15 is 0 Å². The molecule has 0 atom stereocenters. The molecule has 4 nitrogen and oxygen atoms in total. The summed E-state index contributed by atoms with van der Waals surface area (Å²) in [5.74, 6) is -0.937. The van der Waals surface area contributed by atoms with Gasteiger partial charge >= 0.3 is 5.97 Å². The van der Waals surface area contributed by atoms with Crippen LogP contribution in [0, 0.1) is 12.3 Å². The van der Waals surface area contributed by atoms with Crippen LogP contribution >= 0.6 is 0 Å². The molecule has 0 heterocycles. The Labute approximate surface area is 126 Å². The van der Waals surface area contributed by atoms with E-state index in [2.05, 4.69) is 5.32 Å². The Kier molecular flexibility index (Phi) is 5.15. The summed E-state index contributed by atoms with van der Waals surface area (Å²) in [6, 6.07) is 7.81. The predicted octanol–water partition coefficient (Wildman–Crippen LogP) is 2.89. The largest absolute Gasteiger partial charge is 0.481 e. The number of hydrogen-bond acceptors (Lipinski definition) is 2. The molecule has 0 spiro atoms. The van der Waals surface area contributed by atoms with Crippen LogP contribution in [0.25, 0.3) is 0 Å². The van der Waals surface area contributed by atoms with Gasteiger partial charge in [-0.2, -0.15) is 0 Å². The molecule has 0 bridgehead atoms. The lowest BCUT2D eigenvalue weighted by Crippen LogP contribution is -2.42. The van der Waals surface area contributed by atoms with Crippen LogP contribution in [0.1, 0.15) is 45.2 Å². The highest BCUT2D eigenvalue weighted by Gasteiger charge is 2.32. The highest BCUT2D eigenvalue weighted by Crippen LogP contribution is 2.26. The number of nitrogens with one attached hydrogen (secondary N) is 1. The lowest BCUT2D eigenvalue weighted by Gasteiger charge is -2.27. The summed E-state index contributed by atoms with van der Waals surface area (Å²) >= 11 is 0. The number of carbonyl (C=O) groups is 2. The molecular formula is C17H25NO3. The van der Waals surface area contributed by atoms with Crippen LogP contribution in [0.15, 0.2) is 24.3 Å². The number of carboxylic acids is 1. The van der Waals surface area contributed by atoms with Crippen molar-refractivity contribution in [1.29, 1.82) is 0 Å². The number of hydrogen-bond donors (Lipinski definition) is 2. The van der Waals surface area contributed by atoms with E-state index in [0.717, 1.165) is 11.1 Å². The fourth-order valence-corrected chi connectivity index (χ4v) is 2.21. The summed E-state index contributed by atoms with van der Waals surface area (Å²) in [5, 5.41) is 11.9. The van der Waals surface area contributed by atoms with Gasteiger partial charge in [-0.3, -0.25) is 9.59 Å². The van der Waals surface area contributed by atoms with Crippen molar-refractivity contribution in [3.63, 3.8) is 0 Å². The maximum atomic E-state index is 12.4. The molecule has 0 aliphatic rings. The first kappa shape index (κ1) is 17.2. The number of aryl methyl sites for hydroxylation is 1. The van der Waals surface area contributed by atoms with E-state index in [9.17, 15) is 9.59 Å². The molecule has 4 heteroatoms. The van der Waals surface area contributed by atoms with E-state index < -0.39 is 16.8 Å². The van der Waals surface area contributed by atoms with E-state index in [1.807, 2.05) is 45.0 Å². The minimum absolute atomic E-state index is 0.0852. The minimum atomic E-state index is -0.852. The number of benzene rings is 1. The monoisotopic (exact) mass is 291 g/mol. The van der Waals surface area contributed by atoms with Gasteiger partial charge in [0.25, 0.3) is 0 Å². The Bertz CT molecular complexity index is 533. The zero-order valence-electron chi connectivity index (χ0n) is 13.5. The van der Waals surface area contributed by atoms with E-state index in [-0.39, 0.29) is 5.91 Å². The lowest BCUT2D eigenvalue weighted by atomic mass is 9.81. The number of aliphatic carboxylic acids is 1. The average Bonchev–Trinajstić information content (AvgIpc) is 2.38. The molecule has 0 aliphatic carbocycles. The van der Waals surface area contributed by atoms with Gasteiger partial charge in [0.15, 0.2) is 0 Å². The van der Waals surface area contributed by atoms with Gasteiger partial charge in [-0.15, -0.1) is 0 Å². The Morgan fingerprint density at radius 1 is 1.14 bits per heavy atom. The summed E-state index contributed by atoms with van der Waals surface area (Å²) in [7, 11) is 0. The molecule has 0 fully saturated rings. The second-order valence-corrected chi connectivity index (χ2v) is 6.63. The maximum Gasteiger partial charge on any atom is 0.309 e. The number of carboxylic acid groups (broad SMARTS) is 1. The predicted molar refractivity (Wildman–Crippen MR) is 83.2 cm³/mol. The van der Waals surface area contributed by atoms with Crippen molar-refractivity contribution in [1.82, 2.24) is 5.32 Å². The Morgan fingerprint density at radius 3 is 2.24 bits per heavy atom. The molecule has 0 saturated heterocycles. The fourth-order valence-electron chi connectivity index (χ4n) is 2.21. The highest BCUT2D eigenvalue weighted by molar-refractivity contribution is 5.87. The van der Waals surface area contributed by atoms with Crippen molar-refractivity contribution >= 4 is 11.9 Å². The van der Waals surface area contributed by atoms with Crippen LogP contribution in [0.5, 0.6) is 0 Å². The summed E-state index contributed by atoms with van der Waals surface area (Å²) in [4.78, 5) is 23.5. The third-order valence-corrected chi connectivity index (χ3v) is 4.00. The van der Waals surface area contributed by atoms with Crippen molar-refractivity contribution in [3.05, 3.63) is 35.4 Å². The van der Waals surface area contributed by atoms with Gasteiger partial charge in [0.1, 0.15) is 0 Å². The van der Waals surface area contributed by atoms with Crippen LogP contribution in [0.2, 0.25) is 0 Å². The van der Waals surface area contributed by atoms with E-state index in [1.54, 1.807) is 13.8 Å². The molecule has 116 valence electrons. The van der Waals surface area contributed by atoms with Gasteiger partial charge in [0.2, 0.25) is 5.91 Å². The van der Waals surface area contributed by atoms with Crippen molar-refractivity contribution < 1.29 is 14.7 Å². The first-order chi connectivity index (χ1) is 9.59. The molecule has 21 heavy (non-hydrogen) atoms. The fraction of sp³-hybridized carbons (Fsp3) is 0.529. The number of carbonyl (C=O) groups excluding carboxylic acids is 1. The van der Waals surface area contributed by atoms with Crippen LogP contribution < -0.4 is 5.32 Å². The number of amides is 1. The molecule has 0 radical (unpaired) electrons. The summed E-state index contributed by atoms with van der Waals surface area (Å²) in [6.45, 7) is 9.42. The minimum Gasteiger partial charge on any atom is -0.481 e. The van der Waals surface area contributed by atoms with Crippen molar-refractivity contribution in [2.24, 2.45) is 5.41 Å². The molecule has 1 amide bonds. The standard InChI is InChI=1S/C17H25NO3/c1-12-8-6-7-9-13(12)17(4,5)14(19)18-11-10-16(2,3)15(20)21/h6-9H,10-11H2,1-5H3,(H,18,19)(H,20,21). The smallest absolute Gasteiger partial charge is 0.309 e. The molecule has 1 rings (SSSR count). The van der Waals surface area contributed by atoms with Crippen LogP contribution in [0.4, 0.5) is 0 Å². The normalized spacial score (nSPS) is 12.0. The molecule has 1 aromatic rings. The van der Waals surface area contributed by atoms with Gasteiger partial charge in [-0.05, 0) is 52.2 Å². The van der Waals surface area contributed by atoms with Crippen LogP contribution in [0.3, 0.4) is 0 Å². The van der Waals surface area contributed by atoms with Gasteiger partial charge in [0.05, 0.1) is 10.8 Å². The van der Waals surface area contributed by atoms with Gasteiger partial charge in [-0.25, -0.2) is 0 Å². The quantitative estimate of drug-likeness (QED) is 0.847. The number of rotatable bonds is 6. The van der Waals surface area contributed by atoms with Gasteiger partial charge < -0.3 is 10.4 Å². The zero-order chi connectivity index (χ0) is 16.3. The third-order valence-electron chi connectivity index (χ3n) is 4.00. The van der Waals surface area contributed by atoms with E-state index in [0.29, 0.717) is 13.0 Å². The van der Waals surface area contributed by atoms with Crippen LogP contribution in [-0.2, 0) is 15.0 Å². The second-order valence-electron chi connectivity index (χ2n) is 6.63. The van der Waals surface area contributed by atoms with Crippen molar-refractivity contribution in [3.8, 4) is 0 Å². The first-order valence-electron chi connectivity index (χ1n) is 7.17. The molecule has 2 N–H and O–H groups in total. The van der Waals surface area contributed by atoms with Gasteiger partial charge in [0, 0.05) is 6.54 Å². The van der Waals surface area contributed by atoms with Crippen LogP contribution in [-0.4, -0.2) is 23.5 Å². The third kappa shape index (κ3) is 4.06. The molecular weight excluding hydrogens is 266 g/mol. The maximum absolute atomic E-state index is 12.4. The highest BCUT2D eigenvalue weighted by atomic mass is 16.4. The van der Waals surface area contributed by atoms with E-state index in [4.69, 9.17) is 5.11 Å². The first-order valence-corrected chi connectivity index (χ1v) is 7.17. The second kappa shape index (κ2) is 6.29. The summed E-state index contributed by atoms with van der Waals surface area (Å²) in [6.07, 6.45) is 0.401. The molecule has 0 aliphatic heterocycles. The molecule has 0 saturated carbocycles. The SMILES string of the molecule is Cc1ccccc1C(C)(C)C(=O)NCCC(C)(C)C(=O)O. The Hall–Kier alpha value is -1.84. The summed E-state index contributed by atoms with van der Waals surface area (Å²) in [5.41, 5.74) is 0.585. The molecule has 1 aromatic carbocycles. The molecule has 0 unspecified atom stereocenters. The summed E-state index contributed by atoms with van der Waals surface area (Å²) < 4.78 is 0. The zero-order valence-corrected chi connectivity index (χ0v) is 13.5. The van der Waals surface area contributed by atoms with Gasteiger partial charge in [-0.1, -0.05) is 24.3 Å². The Morgan fingerprint density at radius 2 is 1.71 bits per heavy atom.